The maximum Gasteiger partial charge on any atom is 0.485 e. The van der Waals surface area contributed by atoms with Gasteiger partial charge in [-0.1, -0.05) is 7.86 Å². The van der Waals surface area contributed by atoms with Gasteiger partial charge in [-0.2, -0.15) is 21.6 Å². The molecule has 13 heteroatoms. The fourth-order valence-electron chi connectivity index (χ4n) is 0.556. The molecule has 1 aromatic heterocycles. The molecule has 0 bridgehead atoms. The first kappa shape index (κ1) is 16.8. The van der Waals surface area contributed by atoms with Gasteiger partial charge in [0.25, 0.3) is 6.33 Å². The minimum Gasteiger partial charge on any atom is -0.741 e. The van der Waals surface area contributed by atoms with Crippen molar-refractivity contribution < 1.29 is 43.0 Å². The van der Waals surface area contributed by atoms with Gasteiger partial charge >= 0.3 is 15.9 Å². The molecule has 0 aliphatic heterocycles. The molecule has 0 N–H and O–H groups in total. The highest BCUT2D eigenvalue weighted by atomic mass is 32.3. The van der Waals surface area contributed by atoms with Gasteiger partial charge in [-0.15, -0.1) is 0 Å². The molecule has 0 amide bonds. The summed E-state index contributed by atoms with van der Waals surface area (Å²) in [5, 5.41) is 0. The van der Waals surface area contributed by atoms with Gasteiger partial charge in [-0.3, -0.25) is 0 Å². The minimum atomic E-state index is -6.09. The van der Waals surface area contributed by atoms with Crippen LogP contribution < -0.4 is 4.57 Å². The number of aryl methyl sites for hydroxylation is 1. The number of halogens is 4. The Labute approximate surface area is 99.4 Å². The number of rotatable bonds is 1. The van der Waals surface area contributed by atoms with Crippen LogP contribution in [-0.2, 0) is 27.6 Å². The molecule has 0 unspecified atom stereocenters. The molecule has 0 saturated carbocycles. The van der Waals surface area contributed by atoms with Crippen LogP contribution in [0.3, 0.4) is 0 Å². The third-order valence-corrected chi connectivity index (χ3v) is 2.57. The van der Waals surface area contributed by atoms with Crippen LogP contribution in [-0.4, -0.2) is 30.9 Å². The molecule has 1 rings (SSSR count). The average Bonchev–Trinajstić information content (AvgIpc) is 2.47. The van der Waals surface area contributed by atoms with Gasteiger partial charge in [0.05, 0.1) is 7.05 Å². The quantitative estimate of drug-likeness (QED) is 0.227. The second-order valence-corrected chi connectivity index (χ2v) is 5.37. The SMILES string of the molecule is C[n+]1ccn(S(=O)(=O)F)c1.O=S(=O)([O-])C(F)(F)F. The number of hydrogen-bond acceptors (Lipinski definition) is 5. The summed E-state index contributed by atoms with van der Waals surface area (Å²) in [5.41, 5.74) is -5.65. The van der Waals surface area contributed by atoms with Gasteiger partial charge < -0.3 is 4.55 Å². The maximum absolute atomic E-state index is 12.1. The van der Waals surface area contributed by atoms with Crippen molar-refractivity contribution in [3.05, 3.63) is 18.7 Å². The molecule has 7 nitrogen and oxygen atoms in total. The highest BCUT2D eigenvalue weighted by Crippen LogP contribution is 2.20. The van der Waals surface area contributed by atoms with Crippen molar-refractivity contribution in [2.75, 3.05) is 0 Å². The van der Waals surface area contributed by atoms with E-state index >= 15 is 0 Å². The highest BCUT2D eigenvalue weighted by molar-refractivity contribution is 7.86. The Morgan fingerprint density at radius 3 is 1.72 bits per heavy atom. The predicted molar refractivity (Wildman–Crippen MR) is 46.8 cm³/mol. The molecule has 0 spiro atoms. The molecule has 0 atom stereocenters. The lowest BCUT2D eigenvalue weighted by Crippen LogP contribution is -2.24. The van der Waals surface area contributed by atoms with E-state index < -0.39 is 26.0 Å². The molecule has 106 valence electrons. The second-order valence-electron chi connectivity index (χ2n) is 2.75. The van der Waals surface area contributed by atoms with Crippen LogP contribution in [0.1, 0.15) is 0 Å². The Balaban J connectivity index is 0.000000331. The van der Waals surface area contributed by atoms with E-state index in [2.05, 4.69) is 0 Å². The molecular formula is C5H6F4N2O5S2. The van der Waals surface area contributed by atoms with Crippen LogP contribution in [0.4, 0.5) is 17.1 Å². The number of nitrogens with zero attached hydrogens (tertiary/aromatic N) is 2. The zero-order valence-corrected chi connectivity index (χ0v) is 10.1. The zero-order valence-electron chi connectivity index (χ0n) is 8.50. The first-order chi connectivity index (χ1) is 7.75. The van der Waals surface area contributed by atoms with Crippen LogP contribution in [0.5, 0.6) is 0 Å². The summed E-state index contributed by atoms with van der Waals surface area (Å²) in [6.07, 6.45) is 3.67. The molecule has 0 aromatic carbocycles. The van der Waals surface area contributed by atoms with E-state index in [4.69, 9.17) is 13.0 Å². The smallest absolute Gasteiger partial charge is 0.485 e. The van der Waals surface area contributed by atoms with Crippen LogP contribution in [0, 0.1) is 0 Å². The van der Waals surface area contributed by atoms with Gasteiger partial charge in [-0.25, -0.2) is 13.0 Å². The first-order valence-corrected chi connectivity index (χ1v) is 6.50. The van der Waals surface area contributed by atoms with Crippen molar-refractivity contribution >= 4 is 20.5 Å². The Morgan fingerprint density at radius 1 is 1.22 bits per heavy atom. The normalized spacial score (nSPS) is 12.8. The minimum absolute atomic E-state index is 0.493. The maximum atomic E-state index is 12.1. The molecular weight excluding hydrogens is 308 g/mol. The van der Waals surface area contributed by atoms with Crippen LogP contribution in [0.25, 0.3) is 0 Å². The molecule has 0 aliphatic carbocycles. The van der Waals surface area contributed by atoms with Gasteiger partial charge in [0.15, 0.2) is 10.1 Å². The lowest BCUT2D eigenvalue weighted by Gasteiger charge is -2.08. The summed E-state index contributed by atoms with van der Waals surface area (Å²) in [6, 6.07) is 0. The molecule has 0 fully saturated rings. The van der Waals surface area contributed by atoms with E-state index in [1.807, 2.05) is 0 Å². The Morgan fingerprint density at radius 2 is 1.61 bits per heavy atom. The first-order valence-electron chi connectivity index (χ1n) is 3.75. The molecule has 1 heterocycles. The van der Waals surface area contributed by atoms with Crippen LogP contribution in [0.15, 0.2) is 18.7 Å². The van der Waals surface area contributed by atoms with Crippen molar-refractivity contribution in [2.45, 2.75) is 5.51 Å². The van der Waals surface area contributed by atoms with E-state index in [0.29, 0.717) is 3.97 Å². The fourth-order valence-corrected chi connectivity index (χ4v) is 1.02. The Kier molecular flexibility index (Phi) is 4.84. The number of imidazole rings is 1. The topological polar surface area (TPSA) is 100 Å². The van der Waals surface area contributed by atoms with E-state index in [-0.39, 0.29) is 0 Å². The molecule has 18 heavy (non-hydrogen) atoms. The van der Waals surface area contributed by atoms with Gasteiger partial charge in [0.2, 0.25) is 0 Å². The monoisotopic (exact) mass is 314 g/mol. The lowest BCUT2D eigenvalue weighted by atomic mass is 10.9. The number of hydrogen-bond donors (Lipinski definition) is 0. The van der Waals surface area contributed by atoms with Crippen molar-refractivity contribution in [1.29, 1.82) is 0 Å². The zero-order chi connectivity index (χ0) is 14.8. The van der Waals surface area contributed by atoms with Gasteiger partial charge in [-0.05, 0) is 0 Å². The summed E-state index contributed by atoms with van der Waals surface area (Å²) in [5.74, 6) is 0. The van der Waals surface area contributed by atoms with Crippen LogP contribution >= 0.6 is 0 Å². The van der Waals surface area contributed by atoms with E-state index in [0.717, 1.165) is 12.5 Å². The fraction of sp³-hybridized carbons (Fsp3) is 0.400. The van der Waals surface area contributed by atoms with E-state index in [1.54, 1.807) is 7.05 Å². The Bertz CT molecular complexity index is 602. The van der Waals surface area contributed by atoms with E-state index in [9.17, 15) is 25.5 Å². The predicted octanol–water partition coefficient (Wildman–Crippen LogP) is -0.574. The van der Waals surface area contributed by atoms with E-state index in [1.165, 1.54) is 10.8 Å². The van der Waals surface area contributed by atoms with Crippen molar-refractivity contribution in [3.8, 4) is 0 Å². The summed E-state index contributed by atoms with van der Waals surface area (Å²) in [6.45, 7) is 0. The van der Waals surface area contributed by atoms with Gasteiger partial charge in [0, 0.05) is 0 Å². The molecule has 0 saturated heterocycles. The average molecular weight is 314 g/mol. The third-order valence-electron chi connectivity index (χ3n) is 1.28. The summed E-state index contributed by atoms with van der Waals surface area (Å²) < 4.78 is 93.1. The van der Waals surface area contributed by atoms with Crippen molar-refractivity contribution in [2.24, 2.45) is 7.05 Å². The van der Waals surface area contributed by atoms with Crippen molar-refractivity contribution in [3.63, 3.8) is 0 Å². The van der Waals surface area contributed by atoms with Gasteiger partial charge in [0.1, 0.15) is 12.4 Å². The number of alkyl halides is 3. The summed E-state index contributed by atoms with van der Waals surface area (Å²) in [7, 11) is -9.08. The standard InChI is InChI=1S/C4H6FN2O2S.CHF3O3S/c1-6-2-3-7(4-6)10(5,8)9;2-1(3,4)8(5,6)7/h2-4H,1H3;(H,5,6,7)/q+1;/p-1. The molecule has 0 aliphatic rings. The van der Waals surface area contributed by atoms with Crippen molar-refractivity contribution in [1.82, 2.24) is 3.97 Å². The summed E-state index contributed by atoms with van der Waals surface area (Å²) in [4.78, 5) is 0. The lowest BCUT2D eigenvalue weighted by molar-refractivity contribution is -0.670. The molecule has 1 aromatic rings. The largest absolute Gasteiger partial charge is 0.741 e. The number of aromatic nitrogens is 2. The van der Waals surface area contributed by atoms with Crippen LogP contribution in [0.2, 0.25) is 0 Å². The second kappa shape index (κ2) is 5.19. The summed E-state index contributed by atoms with van der Waals surface area (Å²) >= 11 is 0. The molecule has 0 radical (unpaired) electrons. The highest BCUT2D eigenvalue weighted by Gasteiger charge is 2.36. The Hall–Kier alpha value is -1.21. The third kappa shape index (κ3) is 5.42.